The predicted octanol–water partition coefficient (Wildman–Crippen LogP) is 9.93. The first-order valence-corrected chi connectivity index (χ1v) is 13.7. The van der Waals surface area contributed by atoms with Crippen molar-refractivity contribution in [2.45, 2.75) is 26.7 Å². The lowest BCUT2D eigenvalue weighted by atomic mass is 9.83. The largest absolute Gasteiger partial charge is 0.386 e. The van der Waals surface area contributed by atoms with Crippen molar-refractivity contribution >= 4 is 38.5 Å². The maximum absolute atomic E-state index is 3.32. The molecule has 2 nitrogen and oxygen atoms in total. The van der Waals surface area contributed by atoms with Gasteiger partial charge in [0.2, 0.25) is 0 Å². The highest BCUT2D eigenvalue weighted by atomic mass is 15.1. The number of rotatable bonds is 5. The van der Waals surface area contributed by atoms with Crippen LogP contribution in [0.4, 0.5) is 11.4 Å². The number of hydrogen-bond acceptors (Lipinski definition) is 2. The predicted molar refractivity (Wildman–Crippen MR) is 168 cm³/mol. The molecular weight excluding hydrogens is 460 g/mol. The molecule has 5 aromatic carbocycles. The van der Waals surface area contributed by atoms with Gasteiger partial charge in [-0.25, -0.2) is 0 Å². The van der Waals surface area contributed by atoms with Gasteiger partial charge in [0.1, 0.15) is 0 Å². The number of nitrogens with one attached hydrogen (secondary N) is 1. The molecule has 0 unspecified atom stereocenters. The Bertz CT molecular complexity index is 1570. The number of fused-ring (bicyclic) bond motifs is 2. The lowest BCUT2D eigenvalue weighted by molar-refractivity contribution is 0.909. The fourth-order valence-electron chi connectivity index (χ4n) is 5.64. The summed E-state index contributed by atoms with van der Waals surface area (Å²) in [6.07, 6.45) is 6.66. The molecular formula is C36H36N2. The van der Waals surface area contributed by atoms with Crippen LogP contribution in [0.25, 0.3) is 38.2 Å². The zero-order valence-electron chi connectivity index (χ0n) is 22.8. The molecule has 38 heavy (non-hydrogen) atoms. The number of para-hydroxylation sites is 2. The van der Waals surface area contributed by atoms with Crippen molar-refractivity contribution in [1.82, 2.24) is 0 Å². The second-order valence-corrected chi connectivity index (χ2v) is 9.38. The molecule has 190 valence electrons. The fourth-order valence-corrected chi connectivity index (χ4v) is 5.64. The zero-order valence-corrected chi connectivity index (χ0v) is 22.8. The van der Waals surface area contributed by atoms with Crippen LogP contribution in [0, 0.1) is 0 Å². The second kappa shape index (κ2) is 11.4. The lowest BCUT2D eigenvalue weighted by Crippen LogP contribution is -2.19. The molecule has 0 aliphatic heterocycles. The van der Waals surface area contributed by atoms with E-state index in [1.807, 2.05) is 20.9 Å². The van der Waals surface area contributed by atoms with Gasteiger partial charge in [0, 0.05) is 19.8 Å². The van der Waals surface area contributed by atoms with Gasteiger partial charge in [-0.3, -0.25) is 0 Å². The van der Waals surface area contributed by atoms with Crippen LogP contribution in [0.3, 0.4) is 0 Å². The highest BCUT2D eigenvalue weighted by Gasteiger charge is 2.20. The van der Waals surface area contributed by atoms with Gasteiger partial charge in [-0.2, -0.15) is 0 Å². The average Bonchev–Trinajstić information content (AvgIpc) is 3.01. The first-order valence-electron chi connectivity index (χ1n) is 13.7. The molecule has 1 N–H and O–H groups in total. The lowest BCUT2D eigenvalue weighted by Gasteiger charge is -2.28. The van der Waals surface area contributed by atoms with E-state index < -0.39 is 0 Å². The molecule has 0 aromatic heterocycles. The van der Waals surface area contributed by atoms with Gasteiger partial charge in [0.25, 0.3) is 0 Å². The van der Waals surface area contributed by atoms with Crippen LogP contribution in [0.1, 0.15) is 32.3 Å². The van der Waals surface area contributed by atoms with E-state index in [0.29, 0.717) is 0 Å². The van der Waals surface area contributed by atoms with Crippen LogP contribution in [0.2, 0.25) is 0 Å². The van der Waals surface area contributed by atoms with Crippen molar-refractivity contribution in [2.75, 3.05) is 24.3 Å². The summed E-state index contributed by atoms with van der Waals surface area (Å²) >= 11 is 0. The first-order chi connectivity index (χ1) is 18.8. The van der Waals surface area contributed by atoms with E-state index in [1.165, 1.54) is 55.2 Å². The van der Waals surface area contributed by atoms with Gasteiger partial charge in [0.15, 0.2) is 0 Å². The summed E-state index contributed by atoms with van der Waals surface area (Å²) in [5, 5.41) is 8.60. The minimum absolute atomic E-state index is 1.00. The summed E-state index contributed by atoms with van der Waals surface area (Å²) in [6.45, 7) is 4.00. The van der Waals surface area contributed by atoms with Crippen molar-refractivity contribution in [3.05, 3.63) is 127 Å². The molecule has 5 aromatic rings. The molecule has 6 rings (SSSR count). The third-order valence-electron chi connectivity index (χ3n) is 7.41. The molecule has 0 fully saturated rings. The number of allylic oxidation sites excluding steroid dienone is 4. The highest BCUT2D eigenvalue weighted by molar-refractivity contribution is 6.18. The van der Waals surface area contributed by atoms with E-state index >= 15 is 0 Å². The topological polar surface area (TPSA) is 15.3 Å². The Hall–Kier alpha value is -4.30. The third kappa shape index (κ3) is 4.59. The summed E-state index contributed by atoms with van der Waals surface area (Å²) in [7, 11) is 4.15. The Morgan fingerprint density at radius 3 is 1.66 bits per heavy atom. The highest BCUT2D eigenvalue weighted by Crippen LogP contribution is 2.44. The quantitative estimate of drug-likeness (QED) is 0.244. The van der Waals surface area contributed by atoms with Crippen molar-refractivity contribution in [3.63, 3.8) is 0 Å². The van der Waals surface area contributed by atoms with Crippen LogP contribution in [0.15, 0.2) is 121 Å². The average molecular weight is 497 g/mol. The molecule has 1 aliphatic rings. The molecule has 0 spiro atoms. The van der Waals surface area contributed by atoms with Crippen molar-refractivity contribution in [3.8, 4) is 11.1 Å². The minimum atomic E-state index is 1.00. The van der Waals surface area contributed by atoms with Crippen molar-refractivity contribution < 1.29 is 0 Å². The first kappa shape index (κ1) is 25.4. The Labute approximate surface area is 226 Å². The van der Waals surface area contributed by atoms with Gasteiger partial charge >= 0.3 is 0 Å². The molecule has 0 amide bonds. The summed E-state index contributed by atoms with van der Waals surface area (Å²) in [4.78, 5) is 2.31. The van der Waals surface area contributed by atoms with Gasteiger partial charge in [-0.1, -0.05) is 111 Å². The maximum atomic E-state index is 3.32. The summed E-state index contributed by atoms with van der Waals surface area (Å²) in [5.74, 6) is 0. The van der Waals surface area contributed by atoms with Crippen molar-refractivity contribution in [2.24, 2.45) is 0 Å². The smallest absolute Gasteiger partial charge is 0.0641 e. The Balaban J connectivity index is 0.00000144. The van der Waals surface area contributed by atoms with E-state index in [9.17, 15) is 0 Å². The molecule has 1 aliphatic carbocycles. The van der Waals surface area contributed by atoms with Crippen LogP contribution < -0.4 is 10.2 Å². The third-order valence-corrected chi connectivity index (χ3v) is 7.41. The van der Waals surface area contributed by atoms with Crippen molar-refractivity contribution in [1.29, 1.82) is 0 Å². The standard InChI is InChI=1S/C34H30N2.C2H6/c1-35-31-18-10-11-19-32(31)36(2)26-22-20-25(21-23-26)34-29-16-8-6-14-27(29)33(24-12-4-3-5-13-24)28-15-7-9-17-30(28)34;1-2/h3-20,22,35H,21,23H2,1-2H3;1-2H3. The summed E-state index contributed by atoms with van der Waals surface area (Å²) < 4.78 is 0. The van der Waals surface area contributed by atoms with Crippen LogP contribution >= 0.6 is 0 Å². The fraction of sp³-hybridized carbons (Fsp3) is 0.167. The molecule has 2 heteroatoms. The van der Waals surface area contributed by atoms with Gasteiger partial charge in [-0.15, -0.1) is 0 Å². The SMILES string of the molecule is CC.CNc1ccccc1N(C)C1=CC=C(c2c3ccccc3c(-c3ccccc3)c3ccccc23)CC1. The summed E-state index contributed by atoms with van der Waals surface area (Å²) in [5.41, 5.74) is 9.03. The zero-order chi connectivity index (χ0) is 26.5. The van der Waals surface area contributed by atoms with Gasteiger partial charge < -0.3 is 10.2 Å². The summed E-state index contributed by atoms with van der Waals surface area (Å²) in [6, 6.07) is 37.1. The Morgan fingerprint density at radius 2 is 1.11 bits per heavy atom. The minimum Gasteiger partial charge on any atom is -0.386 e. The molecule has 0 atom stereocenters. The maximum Gasteiger partial charge on any atom is 0.0641 e. The Morgan fingerprint density at radius 1 is 0.579 bits per heavy atom. The molecule has 0 saturated heterocycles. The van der Waals surface area contributed by atoms with Crippen LogP contribution in [-0.4, -0.2) is 14.1 Å². The van der Waals surface area contributed by atoms with E-state index in [4.69, 9.17) is 0 Å². The normalized spacial score (nSPS) is 12.8. The monoisotopic (exact) mass is 496 g/mol. The molecule has 0 bridgehead atoms. The second-order valence-electron chi connectivity index (χ2n) is 9.38. The van der Waals surface area contributed by atoms with E-state index in [-0.39, 0.29) is 0 Å². The number of hydrogen-bond donors (Lipinski definition) is 1. The van der Waals surface area contributed by atoms with E-state index in [1.54, 1.807) is 0 Å². The molecule has 0 saturated carbocycles. The molecule has 0 heterocycles. The number of nitrogens with zero attached hydrogens (tertiary/aromatic N) is 1. The van der Waals surface area contributed by atoms with Gasteiger partial charge in [0.05, 0.1) is 11.4 Å². The number of benzene rings is 5. The van der Waals surface area contributed by atoms with Gasteiger partial charge in [-0.05, 0) is 74.9 Å². The number of anilines is 2. The van der Waals surface area contributed by atoms with Crippen LogP contribution in [0.5, 0.6) is 0 Å². The van der Waals surface area contributed by atoms with E-state index in [0.717, 1.165) is 18.5 Å². The molecule has 0 radical (unpaired) electrons. The Kier molecular flexibility index (Phi) is 7.60. The van der Waals surface area contributed by atoms with E-state index in [2.05, 4.69) is 133 Å². The van der Waals surface area contributed by atoms with Crippen LogP contribution in [-0.2, 0) is 0 Å².